The van der Waals surface area contributed by atoms with Crippen molar-refractivity contribution >= 4 is 23.2 Å². The van der Waals surface area contributed by atoms with Gasteiger partial charge in [0.2, 0.25) is 0 Å². The molecule has 0 radical (unpaired) electrons. The molecule has 2 aromatic heterocycles. The van der Waals surface area contributed by atoms with Gasteiger partial charge in [-0.2, -0.15) is 5.10 Å². The predicted octanol–water partition coefficient (Wildman–Crippen LogP) is 1.29. The molecule has 0 saturated heterocycles. The number of nitrogens with one attached hydrogen (secondary N) is 1. The van der Waals surface area contributed by atoms with Gasteiger partial charge >= 0.3 is 0 Å². The van der Waals surface area contributed by atoms with Crippen LogP contribution in [0, 0.1) is 6.92 Å². The van der Waals surface area contributed by atoms with Crippen LogP contribution in [0.5, 0.6) is 0 Å². The van der Waals surface area contributed by atoms with Crippen molar-refractivity contribution in [3.8, 4) is 0 Å². The Kier molecular flexibility index (Phi) is 3.86. The molecule has 22 heavy (non-hydrogen) atoms. The summed E-state index contributed by atoms with van der Waals surface area (Å²) in [6.45, 7) is 1.95. The minimum Gasteiger partial charge on any atom is -0.271 e. The van der Waals surface area contributed by atoms with E-state index in [1.54, 1.807) is 0 Å². The van der Waals surface area contributed by atoms with Crippen molar-refractivity contribution < 1.29 is 4.79 Å². The van der Waals surface area contributed by atoms with E-state index in [0.29, 0.717) is 5.69 Å². The van der Waals surface area contributed by atoms with Gasteiger partial charge in [0.05, 0.1) is 17.4 Å². The summed E-state index contributed by atoms with van der Waals surface area (Å²) in [5.74, 6) is -0.278. The number of nitrogens with zero attached hydrogens (tertiary/aromatic N) is 5. The Morgan fingerprint density at radius 2 is 2.14 bits per heavy atom. The number of aromatic nitrogens is 4. The zero-order chi connectivity index (χ0) is 15.4. The van der Waals surface area contributed by atoms with E-state index in [9.17, 15) is 4.79 Å². The fourth-order valence-electron chi connectivity index (χ4n) is 2.01. The number of hydrogen-bond acceptors (Lipinski definition) is 5. The largest absolute Gasteiger partial charge is 0.271 e. The number of hydrazone groups is 1. The molecular weight excluding hydrogens is 280 g/mol. The number of para-hydroxylation sites is 1. The van der Waals surface area contributed by atoms with Crippen molar-refractivity contribution in [2.24, 2.45) is 5.10 Å². The number of fused-ring (bicyclic) bond motifs is 1. The van der Waals surface area contributed by atoms with E-state index < -0.39 is 0 Å². The minimum atomic E-state index is -0.278. The van der Waals surface area contributed by atoms with E-state index in [1.165, 1.54) is 10.9 Å². The van der Waals surface area contributed by atoms with Crippen LogP contribution in [0.2, 0.25) is 0 Å². The Morgan fingerprint density at radius 1 is 1.27 bits per heavy atom. The van der Waals surface area contributed by atoms with Crippen molar-refractivity contribution in [3.05, 3.63) is 53.9 Å². The SMILES string of the molecule is Cc1cccc(/C=N\NC(=O)Cn2nnc3ccccc32)n1. The summed E-state index contributed by atoms with van der Waals surface area (Å²) in [6, 6.07) is 13.1. The summed E-state index contributed by atoms with van der Waals surface area (Å²) in [5.41, 5.74) is 5.59. The second-order valence-electron chi connectivity index (χ2n) is 4.73. The van der Waals surface area contributed by atoms with Gasteiger partial charge < -0.3 is 0 Å². The number of carbonyl (C=O) groups is 1. The van der Waals surface area contributed by atoms with Crippen LogP contribution in [0.4, 0.5) is 0 Å². The van der Waals surface area contributed by atoms with Gasteiger partial charge in [-0.3, -0.25) is 9.78 Å². The molecular formula is C15H14N6O. The summed E-state index contributed by atoms with van der Waals surface area (Å²) in [6.07, 6.45) is 1.50. The molecule has 0 atom stereocenters. The number of pyridine rings is 1. The lowest BCUT2D eigenvalue weighted by molar-refractivity contribution is -0.121. The number of hydrogen-bond donors (Lipinski definition) is 1. The van der Waals surface area contributed by atoms with Crippen LogP contribution in [-0.2, 0) is 11.3 Å². The number of aryl methyl sites for hydroxylation is 1. The van der Waals surface area contributed by atoms with Gasteiger partial charge in [0.1, 0.15) is 12.1 Å². The highest BCUT2D eigenvalue weighted by atomic mass is 16.2. The van der Waals surface area contributed by atoms with Gasteiger partial charge in [-0.1, -0.05) is 23.4 Å². The van der Waals surface area contributed by atoms with Gasteiger partial charge in [0.15, 0.2) is 0 Å². The van der Waals surface area contributed by atoms with E-state index in [1.807, 2.05) is 49.4 Å². The first-order chi connectivity index (χ1) is 10.7. The third-order valence-electron chi connectivity index (χ3n) is 3.01. The molecule has 2 heterocycles. The fraction of sp³-hybridized carbons (Fsp3) is 0.133. The lowest BCUT2D eigenvalue weighted by Gasteiger charge is -2.01. The smallest absolute Gasteiger partial charge is 0.261 e. The molecule has 7 heteroatoms. The molecule has 0 spiro atoms. The van der Waals surface area contributed by atoms with Gasteiger partial charge in [0, 0.05) is 5.69 Å². The third-order valence-corrected chi connectivity index (χ3v) is 3.01. The number of benzene rings is 1. The van der Waals surface area contributed by atoms with Crippen molar-refractivity contribution in [2.45, 2.75) is 13.5 Å². The molecule has 0 aliphatic rings. The monoisotopic (exact) mass is 294 g/mol. The van der Waals surface area contributed by atoms with Crippen molar-refractivity contribution in [1.82, 2.24) is 25.4 Å². The van der Waals surface area contributed by atoms with E-state index in [-0.39, 0.29) is 12.5 Å². The first-order valence-corrected chi connectivity index (χ1v) is 6.76. The standard InChI is InChI=1S/C15H14N6O/c1-11-5-4-6-12(17-11)9-16-19-15(22)10-21-14-8-3-2-7-13(14)18-20-21/h2-9H,10H2,1H3,(H,19,22)/b16-9-. The van der Waals surface area contributed by atoms with Gasteiger partial charge in [-0.15, -0.1) is 5.10 Å². The van der Waals surface area contributed by atoms with Crippen LogP contribution in [0.25, 0.3) is 11.0 Å². The van der Waals surface area contributed by atoms with Gasteiger partial charge in [-0.05, 0) is 31.2 Å². The van der Waals surface area contributed by atoms with Crippen LogP contribution in [0.3, 0.4) is 0 Å². The highest BCUT2D eigenvalue weighted by molar-refractivity contribution is 5.82. The quantitative estimate of drug-likeness (QED) is 0.580. The van der Waals surface area contributed by atoms with Crippen LogP contribution in [0.15, 0.2) is 47.6 Å². The Hall–Kier alpha value is -3.09. The molecule has 3 aromatic rings. The number of carbonyl (C=O) groups excluding carboxylic acids is 1. The number of rotatable bonds is 4. The van der Waals surface area contributed by atoms with Gasteiger partial charge in [-0.25, -0.2) is 10.1 Å². The number of amides is 1. The molecule has 110 valence electrons. The summed E-state index contributed by atoms with van der Waals surface area (Å²) >= 11 is 0. The van der Waals surface area contributed by atoms with E-state index in [0.717, 1.165) is 16.7 Å². The second kappa shape index (κ2) is 6.13. The normalized spacial score (nSPS) is 11.1. The summed E-state index contributed by atoms with van der Waals surface area (Å²) in [4.78, 5) is 16.1. The molecule has 1 N–H and O–H groups in total. The predicted molar refractivity (Wildman–Crippen MR) is 82.2 cm³/mol. The molecule has 3 rings (SSSR count). The van der Waals surface area contributed by atoms with Crippen molar-refractivity contribution in [1.29, 1.82) is 0 Å². The zero-order valence-corrected chi connectivity index (χ0v) is 12.0. The van der Waals surface area contributed by atoms with Crippen LogP contribution in [-0.4, -0.2) is 32.1 Å². The maximum Gasteiger partial charge on any atom is 0.261 e. The average molecular weight is 294 g/mol. The van der Waals surface area contributed by atoms with Crippen LogP contribution >= 0.6 is 0 Å². The van der Waals surface area contributed by atoms with Crippen LogP contribution in [0.1, 0.15) is 11.4 Å². The highest BCUT2D eigenvalue weighted by Gasteiger charge is 2.07. The topological polar surface area (TPSA) is 85.1 Å². The molecule has 0 fully saturated rings. The lowest BCUT2D eigenvalue weighted by Crippen LogP contribution is -2.23. The summed E-state index contributed by atoms with van der Waals surface area (Å²) in [5, 5.41) is 11.8. The molecule has 0 saturated carbocycles. The fourth-order valence-corrected chi connectivity index (χ4v) is 2.01. The first-order valence-electron chi connectivity index (χ1n) is 6.76. The van der Waals surface area contributed by atoms with E-state index >= 15 is 0 Å². The van der Waals surface area contributed by atoms with Crippen molar-refractivity contribution in [2.75, 3.05) is 0 Å². The van der Waals surface area contributed by atoms with E-state index in [2.05, 4.69) is 25.8 Å². The molecule has 7 nitrogen and oxygen atoms in total. The highest BCUT2D eigenvalue weighted by Crippen LogP contribution is 2.09. The van der Waals surface area contributed by atoms with Gasteiger partial charge in [0.25, 0.3) is 5.91 Å². The molecule has 1 amide bonds. The zero-order valence-electron chi connectivity index (χ0n) is 12.0. The van der Waals surface area contributed by atoms with Crippen molar-refractivity contribution in [3.63, 3.8) is 0 Å². The third kappa shape index (κ3) is 3.14. The molecule has 0 aliphatic carbocycles. The van der Waals surface area contributed by atoms with Crippen LogP contribution < -0.4 is 5.43 Å². The second-order valence-corrected chi connectivity index (χ2v) is 4.73. The minimum absolute atomic E-state index is 0.0547. The Balaban J connectivity index is 1.63. The molecule has 0 bridgehead atoms. The first kappa shape index (κ1) is 13.9. The maximum absolute atomic E-state index is 11.9. The summed E-state index contributed by atoms with van der Waals surface area (Å²) < 4.78 is 1.53. The molecule has 0 unspecified atom stereocenters. The maximum atomic E-state index is 11.9. The Morgan fingerprint density at radius 3 is 3.00 bits per heavy atom. The Bertz CT molecular complexity index is 839. The average Bonchev–Trinajstić information content (AvgIpc) is 2.91. The molecule has 1 aromatic carbocycles. The molecule has 0 aliphatic heterocycles. The Labute approximate surface area is 126 Å². The summed E-state index contributed by atoms with van der Waals surface area (Å²) in [7, 11) is 0. The lowest BCUT2D eigenvalue weighted by atomic mass is 10.3. The van der Waals surface area contributed by atoms with E-state index in [4.69, 9.17) is 0 Å².